The molecule has 1 N–H and O–H groups in total. The van der Waals surface area contributed by atoms with E-state index in [2.05, 4.69) is 38.3 Å². The van der Waals surface area contributed by atoms with E-state index in [4.69, 9.17) is 9.47 Å². The first-order chi connectivity index (χ1) is 13.1. The summed E-state index contributed by atoms with van der Waals surface area (Å²) in [7, 11) is 3.32. The molecule has 0 aliphatic carbocycles. The van der Waals surface area contributed by atoms with Gasteiger partial charge in [-0.15, -0.1) is 0 Å². The number of amides is 1. The molecular formula is C21H25BrN2O3. The fraction of sp³-hybridized carbons (Fsp3) is 0.381. The average Bonchev–Trinajstić information content (AvgIpc) is 2.68. The second-order valence-electron chi connectivity index (χ2n) is 6.62. The van der Waals surface area contributed by atoms with E-state index < -0.39 is 0 Å². The monoisotopic (exact) mass is 432 g/mol. The number of ether oxygens (including phenoxy) is 2. The van der Waals surface area contributed by atoms with Crippen molar-refractivity contribution in [1.29, 1.82) is 0 Å². The fourth-order valence-corrected chi connectivity index (χ4v) is 3.79. The predicted molar refractivity (Wildman–Crippen MR) is 109 cm³/mol. The number of methoxy groups -OCH3 is 2. The third-order valence-electron chi connectivity index (χ3n) is 4.86. The summed E-state index contributed by atoms with van der Waals surface area (Å²) in [5, 5.41) is 3.02. The van der Waals surface area contributed by atoms with E-state index in [9.17, 15) is 4.79 Å². The Hall–Kier alpha value is -2.05. The first-order valence-electron chi connectivity index (χ1n) is 9.07. The van der Waals surface area contributed by atoms with Gasteiger partial charge in [0, 0.05) is 30.7 Å². The number of halogens is 1. The van der Waals surface area contributed by atoms with E-state index >= 15 is 0 Å². The van der Waals surface area contributed by atoms with Gasteiger partial charge >= 0.3 is 0 Å². The molecule has 1 amide bonds. The molecule has 0 spiro atoms. The zero-order valence-corrected chi connectivity index (χ0v) is 17.3. The lowest BCUT2D eigenvalue weighted by molar-refractivity contribution is -0.120. The molecule has 0 radical (unpaired) electrons. The minimum Gasteiger partial charge on any atom is -0.493 e. The molecule has 0 unspecified atom stereocenters. The summed E-state index contributed by atoms with van der Waals surface area (Å²) >= 11 is 3.49. The molecule has 0 bridgehead atoms. The SMILES string of the molecule is COc1cc2c(cc1OC)CN(CCNC(=O)Cc1ccccc1Br)CC2. The van der Waals surface area contributed by atoms with E-state index in [1.54, 1.807) is 14.2 Å². The number of hydrogen-bond acceptors (Lipinski definition) is 4. The van der Waals surface area contributed by atoms with E-state index in [1.165, 1.54) is 11.1 Å². The first-order valence-corrected chi connectivity index (χ1v) is 9.86. The van der Waals surface area contributed by atoms with Gasteiger partial charge in [0.05, 0.1) is 20.6 Å². The van der Waals surface area contributed by atoms with Crippen molar-refractivity contribution in [2.75, 3.05) is 33.9 Å². The molecule has 6 heteroatoms. The molecule has 0 atom stereocenters. The maximum Gasteiger partial charge on any atom is 0.224 e. The lowest BCUT2D eigenvalue weighted by atomic mass is 9.99. The summed E-state index contributed by atoms with van der Waals surface area (Å²) in [6.07, 6.45) is 1.36. The summed E-state index contributed by atoms with van der Waals surface area (Å²) < 4.78 is 11.8. The molecule has 2 aromatic rings. The van der Waals surface area contributed by atoms with Crippen molar-refractivity contribution in [3.63, 3.8) is 0 Å². The Morgan fingerprint density at radius 2 is 1.85 bits per heavy atom. The van der Waals surface area contributed by atoms with Crippen LogP contribution in [0.2, 0.25) is 0 Å². The zero-order chi connectivity index (χ0) is 19.2. The first kappa shape index (κ1) is 19.7. The number of rotatable bonds is 7. The van der Waals surface area contributed by atoms with Crippen molar-refractivity contribution < 1.29 is 14.3 Å². The Labute approximate surface area is 168 Å². The highest BCUT2D eigenvalue weighted by atomic mass is 79.9. The van der Waals surface area contributed by atoms with Crippen molar-refractivity contribution in [2.24, 2.45) is 0 Å². The van der Waals surface area contributed by atoms with Crippen molar-refractivity contribution in [2.45, 2.75) is 19.4 Å². The van der Waals surface area contributed by atoms with Gasteiger partial charge in [-0.25, -0.2) is 0 Å². The van der Waals surface area contributed by atoms with Gasteiger partial charge < -0.3 is 14.8 Å². The van der Waals surface area contributed by atoms with Crippen molar-refractivity contribution in [1.82, 2.24) is 10.2 Å². The van der Waals surface area contributed by atoms with Gasteiger partial charge in [-0.05, 0) is 41.3 Å². The van der Waals surface area contributed by atoms with Crippen LogP contribution in [0.4, 0.5) is 0 Å². The summed E-state index contributed by atoms with van der Waals surface area (Å²) in [5.74, 6) is 1.59. The molecule has 1 heterocycles. The molecule has 0 saturated heterocycles. The molecule has 1 aliphatic rings. The molecule has 3 rings (SSSR count). The van der Waals surface area contributed by atoms with E-state index in [1.807, 2.05) is 24.3 Å². The lowest BCUT2D eigenvalue weighted by Gasteiger charge is -2.29. The summed E-state index contributed by atoms with van der Waals surface area (Å²) in [5.41, 5.74) is 3.57. The number of fused-ring (bicyclic) bond motifs is 1. The Kier molecular flexibility index (Phi) is 6.74. The van der Waals surface area contributed by atoms with Gasteiger partial charge in [0.2, 0.25) is 5.91 Å². The third-order valence-corrected chi connectivity index (χ3v) is 5.63. The quantitative estimate of drug-likeness (QED) is 0.729. The highest BCUT2D eigenvalue weighted by Crippen LogP contribution is 2.33. The van der Waals surface area contributed by atoms with Gasteiger partial charge in [-0.1, -0.05) is 34.1 Å². The minimum absolute atomic E-state index is 0.0470. The van der Waals surface area contributed by atoms with E-state index in [0.717, 1.165) is 47.6 Å². The number of hydrogen-bond donors (Lipinski definition) is 1. The van der Waals surface area contributed by atoms with Gasteiger partial charge in [-0.2, -0.15) is 0 Å². The average molecular weight is 433 g/mol. The highest BCUT2D eigenvalue weighted by Gasteiger charge is 2.19. The van der Waals surface area contributed by atoms with Crippen molar-refractivity contribution in [3.8, 4) is 11.5 Å². The number of nitrogens with zero attached hydrogens (tertiary/aromatic N) is 1. The van der Waals surface area contributed by atoms with Crippen LogP contribution in [0, 0.1) is 0 Å². The van der Waals surface area contributed by atoms with Crippen LogP contribution in [0.25, 0.3) is 0 Å². The topological polar surface area (TPSA) is 50.8 Å². The second-order valence-corrected chi connectivity index (χ2v) is 7.47. The van der Waals surface area contributed by atoms with Crippen LogP contribution < -0.4 is 14.8 Å². The summed E-state index contributed by atoms with van der Waals surface area (Å²) in [6, 6.07) is 12.0. The predicted octanol–water partition coefficient (Wildman–Crippen LogP) is 3.18. The number of nitrogens with one attached hydrogen (secondary N) is 1. The molecule has 0 aromatic heterocycles. The maximum atomic E-state index is 12.2. The Morgan fingerprint density at radius 1 is 1.15 bits per heavy atom. The molecule has 144 valence electrons. The minimum atomic E-state index is 0.0470. The van der Waals surface area contributed by atoms with Crippen LogP contribution in [0.1, 0.15) is 16.7 Å². The van der Waals surface area contributed by atoms with Crippen LogP contribution in [0.5, 0.6) is 11.5 Å². The number of benzene rings is 2. The molecule has 0 fully saturated rings. The third kappa shape index (κ3) is 5.02. The number of carbonyl (C=O) groups is 1. The van der Waals surface area contributed by atoms with E-state index in [-0.39, 0.29) is 5.91 Å². The molecule has 27 heavy (non-hydrogen) atoms. The van der Waals surface area contributed by atoms with Crippen LogP contribution in [0.15, 0.2) is 40.9 Å². The van der Waals surface area contributed by atoms with Crippen LogP contribution >= 0.6 is 15.9 Å². The summed E-state index contributed by atoms with van der Waals surface area (Å²) in [6.45, 7) is 3.31. The molecule has 2 aromatic carbocycles. The summed E-state index contributed by atoms with van der Waals surface area (Å²) in [4.78, 5) is 14.5. The van der Waals surface area contributed by atoms with Gasteiger partial charge in [0.1, 0.15) is 0 Å². The lowest BCUT2D eigenvalue weighted by Crippen LogP contribution is -2.38. The smallest absolute Gasteiger partial charge is 0.224 e. The van der Waals surface area contributed by atoms with Crippen LogP contribution in [-0.4, -0.2) is 44.7 Å². The normalized spacial score (nSPS) is 13.7. The fourth-order valence-electron chi connectivity index (χ4n) is 3.36. The maximum absolute atomic E-state index is 12.2. The molecule has 1 aliphatic heterocycles. The standard InChI is InChI=1S/C21H25BrN2O3/c1-26-19-11-15-7-9-24(14-17(15)12-20(19)27-2)10-8-23-21(25)13-16-5-3-4-6-18(16)22/h3-6,11-12H,7-10,13-14H2,1-2H3,(H,23,25). The number of carbonyl (C=O) groups excluding carboxylic acids is 1. The van der Waals surface area contributed by atoms with Crippen LogP contribution in [0.3, 0.4) is 0 Å². The van der Waals surface area contributed by atoms with Gasteiger partial charge in [-0.3, -0.25) is 9.69 Å². The largest absolute Gasteiger partial charge is 0.493 e. The second kappa shape index (κ2) is 9.24. The van der Waals surface area contributed by atoms with Gasteiger partial charge in [0.25, 0.3) is 0 Å². The Balaban J connectivity index is 1.50. The van der Waals surface area contributed by atoms with Crippen molar-refractivity contribution >= 4 is 21.8 Å². The van der Waals surface area contributed by atoms with Crippen LogP contribution in [-0.2, 0) is 24.2 Å². The molecule has 0 saturated carbocycles. The Bertz CT molecular complexity index is 810. The van der Waals surface area contributed by atoms with Gasteiger partial charge in [0.15, 0.2) is 11.5 Å². The molecule has 5 nitrogen and oxygen atoms in total. The van der Waals surface area contributed by atoms with Crippen molar-refractivity contribution in [3.05, 3.63) is 57.6 Å². The highest BCUT2D eigenvalue weighted by molar-refractivity contribution is 9.10. The Morgan fingerprint density at radius 3 is 2.56 bits per heavy atom. The van der Waals surface area contributed by atoms with E-state index in [0.29, 0.717) is 13.0 Å². The zero-order valence-electron chi connectivity index (χ0n) is 15.8. The molecular weight excluding hydrogens is 408 g/mol.